The highest BCUT2D eigenvalue weighted by Crippen LogP contribution is 2.29. The summed E-state index contributed by atoms with van der Waals surface area (Å²) in [5.74, 6) is 5.89. The SMILES string of the molecule is NOCc1cc(Cl)ccc1OC1CCC1. The highest BCUT2D eigenvalue weighted by molar-refractivity contribution is 6.30. The molecule has 1 aliphatic carbocycles. The lowest BCUT2D eigenvalue weighted by atomic mass is 9.96. The number of benzene rings is 1. The van der Waals surface area contributed by atoms with Gasteiger partial charge in [-0.1, -0.05) is 11.6 Å². The molecule has 0 spiro atoms. The van der Waals surface area contributed by atoms with Gasteiger partial charge in [0, 0.05) is 10.6 Å². The van der Waals surface area contributed by atoms with Gasteiger partial charge in [0.05, 0.1) is 12.7 Å². The fraction of sp³-hybridized carbons (Fsp3) is 0.455. The first-order valence-electron chi connectivity index (χ1n) is 5.06. The predicted octanol–water partition coefficient (Wildman–Crippen LogP) is 2.66. The standard InChI is InChI=1S/C11H14ClNO2/c12-9-4-5-11(8(6-9)7-14-13)15-10-2-1-3-10/h4-6,10H,1-3,7,13H2. The van der Waals surface area contributed by atoms with Crippen LogP contribution in [0, 0.1) is 0 Å². The Kier molecular flexibility index (Phi) is 3.46. The lowest BCUT2D eigenvalue weighted by Gasteiger charge is -2.27. The van der Waals surface area contributed by atoms with Gasteiger partial charge in [-0.2, -0.15) is 0 Å². The van der Waals surface area contributed by atoms with Gasteiger partial charge < -0.3 is 4.74 Å². The van der Waals surface area contributed by atoms with Crippen LogP contribution in [0.2, 0.25) is 5.02 Å². The smallest absolute Gasteiger partial charge is 0.125 e. The van der Waals surface area contributed by atoms with E-state index in [9.17, 15) is 0 Å². The van der Waals surface area contributed by atoms with Crippen LogP contribution in [0.4, 0.5) is 0 Å². The van der Waals surface area contributed by atoms with E-state index in [2.05, 4.69) is 4.84 Å². The Morgan fingerprint density at radius 2 is 2.20 bits per heavy atom. The van der Waals surface area contributed by atoms with Crippen molar-refractivity contribution in [2.24, 2.45) is 5.90 Å². The number of halogens is 1. The van der Waals surface area contributed by atoms with E-state index in [0.717, 1.165) is 24.2 Å². The van der Waals surface area contributed by atoms with E-state index in [4.69, 9.17) is 22.2 Å². The molecule has 1 aromatic rings. The first-order chi connectivity index (χ1) is 7.29. The second kappa shape index (κ2) is 4.84. The van der Waals surface area contributed by atoms with Gasteiger partial charge in [-0.15, -0.1) is 0 Å². The van der Waals surface area contributed by atoms with E-state index in [1.165, 1.54) is 6.42 Å². The molecule has 0 saturated heterocycles. The molecule has 0 amide bonds. The van der Waals surface area contributed by atoms with Crippen molar-refractivity contribution in [1.29, 1.82) is 0 Å². The zero-order chi connectivity index (χ0) is 10.7. The average molecular weight is 228 g/mol. The molecule has 0 atom stereocenters. The van der Waals surface area contributed by atoms with Gasteiger partial charge >= 0.3 is 0 Å². The van der Waals surface area contributed by atoms with Crippen molar-refractivity contribution >= 4 is 11.6 Å². The van der Waals surface area contributed by atoms with Crippen LogP contribution in [0.1, 0.15) is 24.8 Å². The molecule has 0 aliphatic heterocycles. The second-order valence-corrected chi connectivity index (χ2v) is 4.17. The van der Waals surface area contributed by atoms with E-state index in [-0.39, 0.29) is 0 Å². The molecule has 82 valence electrons. The minimum atomic E-state index is 0.322. The monoisotopic (exact) mass is 227 g/mol. The average Bonchev–Trinajstić information content (AvgIpc) is 2.14. The molecule has 1 aliphatic rings. The van der Waals surface area contributed by atoms with Crippen LogP contribution in [0.15, 0.2) is 18.2 Å². The van der Waals surface area contributed by atoms with Crippen LogP contribution in [-0.2, 0) is 11.4 Å². The number of rotatable bonds is 4. The zero-order valence-corrected chi connectivity index (χ0v) is 9.17. The highest BCUT2D eigenvalue weighted by Gasteiger charge is 2.20. The van der Waals surface area contributed by atoms with Gasteiger partial charge in [-0.05, 0) is 37.5 Å². The van der Waals surface area contributed by atoms with Crippen molar-refractivity contribution in [3.8, 4) is 5.75 Å². The molecular formula is C11H14ClNO2. The Balaban J connectivity index is 2.12. The molecule has 1 aromatic carbocycles. The molecule has 3 nitrogen and oxygen atoms in total. The lowest BCUT2D eigenvalue weighted by molar-refractivity contribution is 0.101. The summed E-state index contributed by atoms with van der Waals surface area (Å²) in [5.41, 5.74) is 0.900. The topological polar surface area (TPSA) is 44.5 Å². The van der Waals surface area contributed by atoms with Crippen molar-refractivity contribution in [2.45, 2.75) is 32.0 Å². The molecule has 0 heterocycles. The minimum absolute atomic E-state index is 0.322. The Labute approximate surface area is 94.1 Å². The molecule has 0 radical (unpaired) electrons. The molecule has 0 aromatic heterocycles. The van der Waals surface area contributed by atoms with Crippen LogP contribution in [0.25, 0.3) is 0 Å². The Hall–Kier alpha value is -0.770. The fourth-order valence-corrected chi connectivity index (χ4v) is 1.73. The van der Waals surface area contributed by atoms with Gasteiger partial charge in [0.25, 0.3) is 0 Å². The number of ether oxygens (including phenoxy) is 1. The molecule has 1 saturated carbocycles. The first-order valence-corrected chi connectivity index (χ1v) is 5.44. The van der Waals surface area contributed by atoms with Crippen LogP contribution in [0.5, 0.6) is 5.75 Å². The molecule has 15 heavy (non-hydrogen) atoms. The zero-order valence-electron chi connectivity index (χ0n) is 8.41. The summed E-state index contributed by atoms with van der Waals surface area (Å²) in [4.78, 5) is 4.62. The Morgan fingerprint density at radius 3 is 2.80 bits per heavy atom. The van der Waals surface area contributed by atoms with E-state index in [1.54, 1.807) is 0 Å². The lowest BCUT2D eigenvalue weighted by Crippen LogP contribution is -2.25. The maximum atomic E-state index is 5.89. The summed E-state index contributed by atoms with van der Waals surface area (Å²) in [6.07, 6.45) is 3.86. The van der Waals surface area contributed by atoms with Crippen LogP contribution in [-0.4, -0.2) is 6.10 Å². The summed E-state index contributed by atoms with van der Waals surface area (Å²) in [6, 6.07) is 5.51. The summed E-state index contributed by atoms with van der Waals surface area (Å²) in [6.45, 7) is 0.322. The van der Waals surface area contributed by atoms with Gasteiger partial charge in [0.15, 0.2) is 0 Å². The van der Waals surface area contributed by atoms with Crippen LogP contribution in [0.3, 0.4) is 0 Å². The third-order valence-corrected chi connectivity index (χ3v) is 2.84. The number of hydrogen-bond donors (Lipinski definition) is 1. The van der Waals surface area contributed by atoms with E-state index in [1.807, 2.05) is 18.2 Å². The summed E-state index contributed by atoms with van der Waals surface area (Å²) < 4.78 is 5.79. The molecule has 1 fully saturated rings. The van der Waals surface area contributed by atoms with Crippen molar-refractivity contribution < 1.29 is 9.57 Å². The molecular weight excluding hydrogens is 214 g/mol. The third kappa shape index (κ3) is 2.62. The molecule has 0 bridgehead atoms. The van der Waals surface area contributed by atoms with Crippen molar-refractivity contribution in [2.75, 3.05) is 0 Å². The van der Waals surface area contributed by atoms with Gasteiger partial charge in [0.1, 0.15) is 5.75 Å². The predicted molar refractivity (Wildman–Crippen MR) is 58.7 cm³/mol. The Bertz CT molecular complexity index is 339. The molecule has 2 N–H and O–H groups in total. The second-order valence-electron chi connectivity index (χ2n) is 3.73. The van der Waals surface area contributed by atoms with Gasteiger partial charge in [-0.3, -0.25) is 4.84 Å². The van der Waals surface area contributed by atoms with Crippen molar-refractivity contribution in [3.05, 3.63) is 28.8 Å². The molecule has 2 rings (SSSR count). The molecule has 4 heteroatoms. The van der Waals surface area contributed by atoms with Crippen molar-refractivity contribution in [3.63, 3.8) is 0 Å². The molecule has 0 unspecified atom stereocenters. The van der Waals surface area contributed by atoms with Gasteiger partial charge in [0.2, 0.25) is 0 Å². The fourth-order valence-electron chi connectivity index (χ4n) is 1.53. The van der Waals surface area contributed by atoms with Crippen LogP contribution < -0.4 is 10.6 Å². The number of nitrogens with two attached hydrogens (primary N) is 1. The largest absolute Gasteiger partial charge is 0.490 e. The van der Waals surface area contributed by atoms with E-state index < -0.39 is 0 Å². The Morgan fingerprint density at radius 1 is 1.40 bits per heavy atom. The maximum absolute atomic E-state index is 5.89. The normalized spacial score (nSPS) is 16.1. The summed E-state index contributed by atoms with van der Waals surface area (Å²) in [5, 5.41) is 0.669. The maximum Gasteiger partial charge on any atom is 0.125 e. The van der Waals surface area contributed by atoms with Crippen LogP contribution >= 0.6 is 11.6 Å². The highest BCUT2D eigenvalue weighted by atomic mass is 35.5. The third-order valence-electron chi connectivity index (χ3n) is 2.61. The summed E-state index contributed by atoms with van der Waals surface area (Å²) in [7, 11) is 0. The van der Waals surface area contributed by atoms with Gasteiger partial charge in [-0.25, -0.2) is 5.90 Å². The quantitative estimate of drug-likeness (QED) is 0.805. The van der Waals surface area contributed by atoms with E-state index in [0.29, 0.717) is 17.7 Å². The minimum Gasteiger partial charge on any atom is -0.490 e. The summed E-state index contributed by atoms with van der Waals surface area (Å²) >= 11 is 5.89. The van der Waals surface area contributed by atoms with Crippen molar-refractivity contribution in [1.82, 2.24) is 0 Å². The number of hydrogen-bond acceptors (Lipinski definition) is 3. The van der Waals surface area contributed by atoms with E-state index >= 15 is 0 Å². The first kappa shape index (κ1) is 10.7.